The Bertz CT molecular complexity index is 1530. The van der Waals surface area contributed by atoms with Crippen LogP contribution in [-0.4, -0.2) is 82.7 Å². The number of oxime groups is 2. The molecular formula is C19H17FN9O6S3+. The molecule has 19 heteroatoms. The number of aromatic nitrogens is 4. The van der Waals surface area contributed by atoms with Gasteiger partial charge in [0.15, 0.2) is 10.8 Å². The van der Waals surface area contributed by atoms with Crippen molar-refractivity contribution < 1.29 is 38.5 Å². The summed E-state index contributed by atoms with van der Waals surface area (Å²) in [6, 6.07) is -1.07. The number of thioether (sulfide) groups is 1. The number of rotatable bonds is 9. The minimum atomic E-state index is -1.31. The molecule has 38 heavy (non-hydrogen) atoms. The zero-order valence-electron chi connectivity index (χ0n) is 18.9. The number of carbonyl (C=O) groups is 3. The lowest BCUT2D eigenvalue weighted by Gasteiger charge is -2.49. The summed E-state index contributed by atoms with van der Waals surface area (Å²) in [7, 11) is 0. The Hall–Kier alpha value is -4.10. The van der Waals surface area contributed by atoms with E-state index < -0.39 is 41.8 Å². The lowest BCUT2D eigenvalue weighted by molar-refractivity contribution is -0.687. The standard InChI is InChI=1S/C19H16FN9O6S3/c20-6-35-25-11(14-24-19(21)38-26-14)15(30)23-12-16(31)29-13(18(32)33)8(4-37-17(12)29)2-27-3-10-28(7-27)9(1-22-34)5-36-10/h1,3,5,7,12,17H,2,4,6H2,(H4-,21,23,24,26,30,32,33,34)/p+1/b22-1?,25-11-/t12-,17-/m1/s1. The third-order valence-corrected chi connectivity index (χ3v) is 8.31. The number of nitrogens with zero attached hydrogens (tertiary/aromatic N) is 7. The van der Waals surface area contributed by atoms with Gasteiger partial charge in [-0.05, 0) is 0 Å². The van der Waals surface area contributed by atoms with Gasteiger partial charge in [-0.25, -0.2) is 13.8 Å². The number of nitrogen functional groups attached to an aromatic ring is 1. The number of nitrogens with two attached hydrogens (primary N) is 1. The van der Waals surface area contributed by atoms with Gasteiger partial charge in [-0.2, -0.15) is 13.8 Å². The van der Waals surface area contributed by atoms with Crippen LogP contribution in [0, 0.1) is 0 Å². The van der Waals surface area contributed by atoms with Crippen LogP contribution in [0.1, 0.15) is 11.5 Å². The molecule has 0 unspecified atom stereocenters. The molecule has 3 aromatic rings. The highest BCUT2D eigenvalue weighted by molar-refractivity contribution is 8.00. The maximum Gasteiger partial charge on any atom is 0.352 e. The molecule has 0 bridgehead atoms. The number of hydrogen-bond acceptors (Lipinski definition) is 13. The van der Waals surface area contributed by atoms with Crippen molar-refractivity contribution in [3.63, 3.8) is 0 Å². The number of carbonyl (C=O) groups excluding carboxylic acids is 2. The van der Waals surface area contributed by atoms with Crippen molar-refractivity contribution in [3.8, 4) is 0 Å². The van der Waals surface area contributed by atoms with E-state index >= 15 is 0 Å². The van der Waals surface area contributed by atoms with Gasteiger partial charge in [0.2, 0.25) is 16.4 Å². The van der Waals surface area contributed by atoms with Crippen LogP contribution in [0.3, 0.4) is 0 Å². The molecule has 2 atom stereocenters. The molecular weight excluding hydrogens is 565 g/mol. The highest BCUT2D eigenvalue weighted by Crippen LogP contribution is 2.40. The summed E-state index contributed by atoms with van der Waals surface area (Å²) >= 11 is 3.48. The largest absolute Gasteiger partial charge is 0.477 e. The zero-order chi connectivity index (χ0) is 27.0. The average Bonchev–Trinajstić information content (AvgIpc) is 3.59. The van der Waals surface area contributed by atoms with Crippen molar-refractivity contribution in [2.75, 3.05) is 18.3 Å². The monoisotopic (exact) mass is 582 g/mol. The first-order chi connectivity index (χ1) is 18.3. The predicted molar refractivity (Wildman–Crippen MR) is 132 cm³/mol. The summed E-state index contributed by atoms with van der Waals surface area (Å²) in [6.45, 7) is -1.12. The average molecular weight is 583 g/mol. The van der Waals surface area contributed by atoms with Crippen molar-refractivity contribution in [2.45, 2.75) is 18.0 Å². The number of carboxylic acid groups (broad SMARTS) is 1. The van der Waals surface area contributed by atoms with Crippen molar-refractivity contribution in [3.05, 3.63) is 40.7 Å². The fraction of sp³-hybridized carbons (Fsp3) is 0.263. The summed E-state index contributed by atoms with van der Waals surface area (Å²) in [5.74, 6) is -2.75. The van der Waals surface area contributed by atoms with Gasteiger partial charge in [-0.1, -0.05) is 21.6 Å². The van der Waals surface area contributed by atoms with E-state index in [0.29, 0.717) is 11.3 Å². The van der Waals surface area contributed by atoms with Gasteiger partial charge in [0.25, 0.3) is 25.0 Å². The molecule has 1 saturated heterocycles. The molecule has 2 aliphatic rings. The number of thiazole rings is 1. The maximum absolute atomic E-state index is 13.0. The van der Waals surface area contributed by atoms with Crippen LogP contribution in [0.2, 0.25) is 0 Å². The molecule has 0 aromatic carbocycles. The Morgan fingerprint density at radius 3 is 2.95 bits per heavy atom. The predicted octanol–water partition coefficient (Wildman–Crippen LogP) is -0.383. The van der Waals surface area contributed by atoms with E-state index in [0.717, 1.165) is 21.3 Å². The second-order valence-electron chi connectivity index (χ2n) is 7.78. The van der Waals surface area contributed by atoms with Crippen molar-refractivity contribution in [1.29, 1.82) is 0 Å². The van der Waals surface area contributed by atoms with E-state index in [1.54, 1.807) is 20.7 Å². The third-order valence-electron chi connectivity index (χ3n) is 5.53. The number of halogens is 1. The molecule has 0 saturated carbocycles. The van der Waals surface area contributed by atoms with Crippen LogP contribution in [0.25, 0.3) is 4.83 Å². The summed E-state index contributed by atoms with van der Waals surface area (Å²) in [5, 5.41) is 28.8. The smallest absolute Gasteiger partial charge is 0.352 e. The first-order valence-electron chi connectivity index (χ1n) is 10.5. The van der Waals surface area contributed by atoms with E-state index in [1.807, 2.05) is 6.20 Å². The number of anilines is 1. The fourth-order valence-corrected chi connectivity index (χ4v) is 6.63. The van der Waals surface area contributed by atoms with E-state index in [2.05, 4.69) is 29.8 Å². The second-order valence-corrected chi connectivity index (χ2v) is 10.6. The van der Waals surface area contributed by atoms with Crippen molar-refractivity contribution in [1.82, 2.24) is 24.0 Å². The summed E-state index contributed by atoms with van der Waals surface area (Å²) < 4.78 is 19.9. The summed E-state index contributed by atoms with van der Waals surface area (Å²) in [4.78, 5) is 48.2. The third kappa shape index (κ3) is 4.54. The lowest BCUT2D eigenvalue weighted by Crippen LogP contribution is -2.71. The van der Waals surface area contributed by atoms with Crippen LogP contribution in [0.5, 0.6) is 0 Å². The number of alkyl halides is 1. The van der Waals surface area contributed by atoms with Gasteiger partial charge in [0.05, 0.1) is 0 Å². The Balaban J connectivity index is 1.35. The number of fused-ring (bicyclic) bond motifs is 2. The minimum absolute atomic E-state index is 0.0388. The van der Waals surface area contributed by atoms with Crippen LogP contribution < -0.4 is 15.6 Å². The minimum Gasteiger partial charge on any atom is -0.477 e. The Morgan fingerprint density at radius 1 is 1.45 bits per heavy atom. The van der Waals surface area contributed by atoms with Crippen LogP contribution in [-0.2, 0) is 25.8 Å². The lowest BCUT2D eigenvalue weighted by atomic mass is 10.0. The quantitative estimate of drug-likeness (QED) is 0.0847. The Kier molecular flexibility index (Phi) is 6.95. The number of amides is 2. The molecule has 1 fully saturated rings. The number of β-lactam (4-membered cyclic amide) rings is 1. The maximum atomic E-state index is 13.0. The van der Waals surface area contributed by atoms with Gasteiger partial charge < -0.3 is 26.2 Å². The first-order valence-corrected chi connectivity index (χ1v) is 13.2. The first kappa shape index (κ1) is 25.5. The van der Waals surface area contributed by atoms with E-state index in [-0.39, 0.29) is 29.0 Å². The molecule has 2 amide bonds. The van der Waals surface area contributed by atoms with E-state index in [9.17, 15) is 23.9 Å². The molecule has 5 heterocycles. The molecule has 0 aliphatic carbocycles. The Labute approximate surface area is 223 Å². The van der Waals surface area contributed by atoms with Crippen molar-refractivity contribution >= 4 is 74.3 Å². The number of aliphatic carboxylic acids is 1. The fourth-order valence-electron chi connectivity index (χ4n) is 3.98. The molecule has 0 radical (unpaired) electrons. The van der Waals surface area contributed by atoms with Gasteiger partial charge in [-0.3, -0.25) is 14.5 Å². The number of imidazole rings is 1. The molecule has 0 spiro atoms. The number of carboxylic acids is 1. The van der Waals surface area contributed by atoms with Gasteiger partial charge in [-0.15, -0.1) is 11.8 Å². The molecule has 2 aliphatic heterocycles. The molecule has 5 rings (SSSR count). The van der Waals surface area contributed by atoms with Gasteiger partial charge in [0, 0.05) is 28.2 Å². The van der Waals surface area contributed by atoms with Crippen LogP contribution >= 0.6 is 34.6 Å². The topological polar surface area (TPSA) is 201 Å². The molecule has 5 N–H and O–H groups in total. The summed E-state index contributed by atoms with van der Waals surface area (Å²) in [5.41, 5.74) is 6.04. The second kappa shape index (κ2) is 10.3. The van der Waals surface area contributed by atoms with Crippen LogP contribution in [0.15, 0.2) is 39.5 Å². The Morgan fingerprint density at radius 2 is 2.26 bits per heavy atom. The molecule has 198 valence electrons. The molecule has 3 aromatic heterocycles. The van der Waals surface area contributed by atoms with Gasteiger partial charge in [0.1, 0.15) is 36.1 Å². The normalized spacial score (nSPS) is 19.7. The summed E-state index contributed by atoms with van der Waals surface area (Å²) in [6.07, 6.45) is 4.82. The van der Waals surface area contributed by atoms with Gasteiger partial charge >= 0.3 is 5.97 Å². The zero-order valence-corrected chi connectivity index (χ0v) is 21.4. The number of hydrogen-bond donors (Lipinski definition) is 4. The SMILES string of the molecule is Nc1nc(/C(=N/OCF)C(=O)N[C@@H]2C(=O)N3C(C(=O)O)=C(C[n+]4cc5scc(C=NO)n5c4)CS[C@H]23)ns1. The highest BCUT2D eigenvalue weighted by atomic mass is 32.2. The highest BCUT2D eigenvalue weighted by Gasteiger charge is 2.54. The van der Waals surface area contributed by atoms with E-state index in [1.165, 1.54) is 29.3 Å². The number of nitrogens with one attached hydrogen (secondary N) is 1. The van der Waals surface area contributed by atoms with Crippen molar-refractivity contribution in [2.24, 2.45) is 10.3 Å². The molecule has 15 nitrogen and oxygen atoms in total. The van der Waals surface area contributed by atoms with E-state index in [4.69, 9.17) is 10.9 Å². The van der Waals surface area contributed by atoms with Crippen LogP contribution in [0.4, 0.5) is 9.52 Å².